The molecule has 2 atom stereocenters. The molecular formula is C16H22ClN3O3. The maximum Gasteiger partial charge on any atom is 0.243 e. The van der Waals surface area contributed by atoms with E-state index in [9.17, 15) is 14.4 Å². The molecule has 126 valence electrons. The van der Waals surface area contributed by atoms with Crippen LogP contribution in [0, 0.1) is 5.92 Å². The molecule has 0 unspecified atom stereocenters. The van der Waals surface area contributed by atoms with Crippen LogP contribution in [0.2, 0.25) is 5.02 Å². The van der Waals surface area contributed by atoms with Crippen molar-refractivity contribution in [2.45, 2.75) is 39.3 Å². The third kappa shape index (κ3) is 6.28. The number of hydrogen-bond donors (Lipinski definition) is 3. The average molecular weight is 340 g/mol. The molecule has 1 aromatic rings. The molecule has 7 heteroatoms. The van der Waals surface area contributed by atoms with Gasteiger partial charge in [-0.05, 0) is 23.6 Å². The van der Waals surface area contributed by atoms with Gasteiger partial charge in [-0.1, -0.05) is 37.6 Å². The van der Waals surface area contributed by atoms with E-state index in [1.165, 1.54) is 6.92 Å². The van der Waals surface area contributed by atoms with Gasteiger partial charge in [-0.15, -0.1) is 0 Å². The van der Waals surface area contributed by atoms with Crippen molar-refractivity contribution in [1.29, 1.82) is 0 Å². The van der Waals surface area contributed by atoms with Crippen LogP contribution in [-0.2, 0) is 20.8 Å². The number of rotatable bonds is 7. The summed E-state index contributed by atoms with van der Waals surface area (Å²) in [6.45, 7) is 4.94. The van der Waals surface area contributed by atoms with E-state index in [1.54, 1.807) is 38.1 Å². The topological polar surface area (TPSA) is 101 Å². The Kier molecular flexibility index (Phi) is 7.03. The van der Waals surface area contributed by atoms with Crippen molar-refractivity contribution in [2.75, 3.05) is 0 Å². The van der Waals surface area contributed by atoms with Crippen LogP contribution in [0.1, 0.15) is 26.3 Å². The summed E-state index contributed by atoms with van der Waals surface area (Å²) in [5.41, 5.74) is 6.19. The molecule has 0 fully saturated rings. The normalized spacial score (nSPS) is 13.3. The summed E-state index contributed by atoms with van der Waals surface area (Å²) in [4.78, 5) is 35.2. The van der Waals surface area contributed by atoms with E-state index in [1.807, 2.05) is 0 Å². The SMILES string of the molecule is CC(=O)N[C@@H](C(=O)N[C@H](Cc1ccc(Cl)cc1)C(N)=O)C(C)C. The van der Waals surface area contributed by atoms with Crippen LogP contribution >= 0.6 is 11.6 Å². The number of carbonyl (C=O) groups excluding carboxylic acids is 3. The van der Waals surface area contributed by atoms with Crippen molar-refractivity contribution >= 4 is 29.3 Å². The van der Waals surface area contributed by atoms with Gasteiger partial charge in [0.15, 0.2) is 0 Å². The minimum absolute atomic E-state index is 0.122. The number of amides is 3. The summed E-state index contributed by atoms with van der Waals surface area (Å²) in [6.07, 6.45) is 0.253. The summed E-state index contributed by atoms with van der Waals surface area (Å²) in [5, 5.41) is 5.76. The number of carbonyl (C=O) groups is 3. The maximum atomic E-state index is 12.3. The zero-order valence-corrected chi connectivity index (χ0v) is 14.2. The van der Waals surface area contributed by atoms with Gasteiger partial charge in [0.05, 0.1) is 0 Å². The number of nitrogens with two attached hydrogens (primary N) is 1. The fourth-order valence-electron chi connectivity index (χ4n) is 2.09. The molecule has 0 spiro atoms. The first kappa shape index (κ1) is 19.0. The molecule has 0 bridgehead atoms. The standard InChI is InChI=1S/C16H22ClN3O3/c1-9(2)14(19-10(3)21)16(23)20-13(15(18)22)8-11-4-6-12(17)7-5-11/h4-7,9,13-14H,8H2,1-3H3,(H2,18,22)(H,19,21)(H,20,23)/t13-,14-/m1/s1. The Bertz CT molecular complexity index is 572. The van der Waals surface area contributed by atoms with Crippen molar-refractivity contribution in [3.63, 3.8) is 0 Å². The van der Waals surface area contributed by atoms with Crippen molar-refractivity contribution in [2.24, 2.45) is 11.7 Å². The lowest BCUT2D eigenvalue weighted by Crippen LogP contribution is -2.55. The van der Waals surface area contributed by atoms with E-state index >= 15 is 0 Å². The molecule has 0 radical (unpaired) electrons. The number of nitrogens with one attached hydrogen (secondary N) is 2. The highest BCUT2D eigenvalue weighted by molar-refractivity contribution is 6.30. The van der Waals surface area contributed by atoms with Gasteiger partial charge in [-0.3, -0.25) is 14.4 Å². The third-order valence-corrected chi connectivity index (χ3v) is 3.57. The molecule has 0 aliphatic heterocycles. The second-order valence-corrected chi connectivity index (χ2v) is 6.15. The van der Waals surface area contributed by atoms with Crippen LogP contribution in [-0.4, -0.2) is 29.8 Å². The van der Waals surface area contributed by atoms with Crippen LogP contribution in [0.4, 0.5) is 0 Å². The smallest absolute Gasteiger partial charge is 0.243 e. The predicted molar refractivity (Wildman–Crippen MR) is 88.7 cm³/mol. The number of hydrogen-bond acceptors (Lipinski definition) is 3. The summed E-state index contributed by atoms with van der Waals surface area (Å²) in [7, 11) is 0. The number of primary amides is 1. The fourth-order valence-corrected chi connectivity index (χ4v) is 2.22. The number of benzene rings is 1. The lowest BCUT2D eigenvalue weighted by Gasteiger charge is -2.24. The molecule has 6 nitrogen and oxygen atoms in total. The largest absolute Gasteiger partial charge is 0.368 e. The van der Waals surface area contributed by atoms with Gasteiger partial charge in [0, 0.05) is 18.4 Å². The third-order valence-electron chi connectivity index (χ3n) is 3.32. The molecule has 4 N–H and O–H groups in total. The van der Waals surface area contributed by atoms with Crippen LogP contribution < -0.4 is 16.4 Å². The molecule has 0 saturated carbocycles. The molecule has 3 amide bonds. The van der Waals surface area contributed by atoms with Crippen LogP contribution in [0.5, 0.6) is 0 Å². The molecule has 0 saturated heterocycles. The monoisotopic (exact) mass is 339 g/mol. The molecule has 1 rings (SSSR count). The Morgan fingerprint density at radius 2 is 1.70 bits per heavy atom. The fraction of sp³-hybridized carbons (Fsp3) is 0.438. The van der Waals surface area contributed by atoms with Gasteiger partial charge < -0.3 is 16.4 Å². The van der Waals surface area contributed by atoms with Crippen molar-refractivity contribution in [3.8, 4) is 0 Å². The molecular weight excluding hydrogens is 318 g/mol. The zero-order chi connectivity index (χ0) is 17.6. The summed E-state index contributed by atoms with van der Waals surface area (Å²) in [5.74, 6) is -1.51. The van der Waals surface area contributed by atoms with Gasteiger partial charge in [0.1, 0.15) is 12.1 Å². The maximum absolute atomic E-state index is 12.3. The van der Waals surface area contributed by atoms with Crippen molar-refractivity contribution in [1.82, 2.24) is 10.6 Å². The van der Waals surface area contributed by atoms with E-state index in [0.29, 0.717) is 5.02 Å². The van der Waals surface area contributed by atoms with E-state index in [0.717, 1.165) is 5.56 Å². The van der Waals surface area contributed by atoms with E-state index in [4.69, 9.17) is 17.3 Å². The average Bonchev–Trinajstić information content (AvgIpc) is 2.45. The van der Waals surface area contributed by atoms with Crippen molar-refractivity contribution in [3.05, 3.63) is 34.9 Å². The van der Waals surface area contributed by atoms with Crippen LogP contribution in [0.15, 0.2) is 24.3 Å². The van der Waals surface area contributed by atoms with Gasteiger partial charge in [0.2, 0.25) is 17.7 Å². The molecule has 0 aliphatic rings. The first-order valence-corrected chi connectivity index (χ1v) is 7.69. The highest BCUT2D eigenvalue weighted by Crippen LogP contribution is 2.11. The minimum atomic E-state index is -0.862. The van der Waals surface area contributed by atoms with Gasteiger partial charge >= 0.3 is 0 Å². The Balaban J connectivity index is 2.81. The minimum Gasteiger partial charge on any atom is -0.368 e. The summed E-state index contributed by atoms with van der Waals surface area (Å²) >= 11 is 5.82. The summed E-state index contributed by atoms with van der Waals surface area (Å²) < 4.78 is 0. The lowest BCUT2D eigenvalue weighted by atomic mass is 10.0. The van der Waals surface area contributed by atoms with Crippen LogP contribution in [0.3, 0.4) is 0 Å². The first-order chi connectivity index (χ1) is 10.7. The van der Waals surface area contributed by atoms with E-state index < -0.39 is 23.9 Å². The van der Waals surface area contributed by atoms with Crippen molar-refractivity contribution < 1.29 is 14.4 Å². The van der Waals surface area contributed by atoms with Crippen LogP contribution in [0.25, 0.3) is 0 Å². The first-order valence-electron chi connectivity index (χ1n) is 7.32. The summed E-state index contributed by atoms with van der Waals surface area (Å²) in [6, 6.07) is 5.34. The van der Waals surface area contributed by atoms with Gasteiger partial charge in [-0.2, -0.15) is 0 Å². The predicted octanol–water partition coefficient (Wildman–Crippen LogP) is 1.01. The van der Waals surface area contributed by atoms with E-state index in [-0.39, 0.29) is 18.2 Å². The molecule has 0 aliphatic carbocycles. The van der Waals surface area contributed by atoms with E-state index in [2.05, 4.69) is 10.6 Å². The lowest BCUT2D eigenvalue weighted by molar-refractivity contribution is -0.131. The molecule has 23 heavy (non-hydrogen) atoms. The molecule has 0 aromatic heterocycles. The molecule has 0 heterocycles. The second kappa shape index (κ2) is 8.53. The Labute approximate surface area is 140 Å². The highest BCUT2D eigenvalue weighted by atomic mass is 35.5. The zero-order valence-electron chi connectivity index (χ0n) is 13.4. The van der Waals surface area contributed by atoms with Gasteiger partial charge in [-0.25, -0.2) is 0 Å². The Morgan fingerprint density at radius 3 is 2.13 bits per heavy atom. The number of halogens is 1. The quantitative estimate of drug-likeness (QED) is 0.691. The second-order valence-electron chi connectivity index (χ2n) is 5.72. The Morgan fingerprint density at radius 1 is 1.13 bits per heavy atom. The Hall–Kier alpha value is -2.08. The van der Waals surface area contributed by atoms with Gasteiger partial charge in [0.25, 0.3) is 0 Å². The molecule has 1 aromatic carbocycles. The highest BCUT2D eigenvalue weighted by Gasteiger charge is 2.27.